The molecular weight excluding hydrogens is 286 g/mol. The quantitative estimate of drug-likeness (QED) is 0.282. The van der Waals surface area contributed by atoms with Crippen LogP contribution in [0.4, 0.5) is 5.69 Å². The highest BCUT2D eigenvalue weighted by Gasteiger charge is 2.28. The lowest BCUT2D eigenvalue weighted by atomic mass is 10.2. The van der Waals surface area contributed by atoms with Crippen LogP contribution in [0.3, 0.4) is 0 Å². The van der Waals surface area contributed by atoms with Crippen molar-refractivity contribution in [2.45, 2.75) is 24.9 Å². The van der Waals surface area contributed by atoms with E-state index in [1.54, 1.807) is 13.8 Å². The fourth-order valence-corrected chi connectivity index (χ4v) is 2.85. The van der Waals surface area contributed by atoms with Gasteiger partial charge in [0.15, 0.2) is 4.90 Å². The molecule has 0 unspecified atom stereocenters. The molecule has 0 saturated heterocycles. The summed E-state index contributed by atoms with van der Waals surface area (Å²) >= 11 is 0. The van der Waals surface area contributed by atoms with Crippen LogP contribution in [0.2, 0.25) is 0 Å². The molecule has 0 aliphatic carbocycles. The Balaban J connectivity index is 3.24. The van der Waals surface area contributed by atoms with Crippen molar-refractivity contribution in [1.82, 2.24) is 4.72 Å². The van der Waals surface area contributed by atoms with Crippen LogP contribution in [0.5, 0.6) is 0 Å². The molecule has 1 atom stereocenters. The van der Waals surface area contributed by atoms with E-state index in [9.17, 15) is 18.5 Å². The molecule has 0 bridgehead atoms. The third kappa shape index (κ3) is 3.67. The van der Waals surface area contributed by atoms with Crippen molar-refractivity contribution in [2.75, 3.05) is 0 Å². The van der Waals surface area contributed by atoms with E-state index in [-0.39, 0.29) is 5.92 Å². The minimum Gasteiger partial charge on any atom is -0.258 e. The molecule has 1 N–H and O–H groups in total. The van der Waals surface area contributed by atoms with Crippen LogP contribution >= 0.6 is 0 Å². The van der Waals surface area contributed by atoms with Crippen LogP contribution in [0.15, 0.2) is 34.3 Å². The van der Waals surface area contributed by atoms with Gasteiger partial charge in [-0.1, -0.05) is 31.1 Å². The molecule has 0 amide bonds. The number of nitro benzene ring substituents is 1. The Labute approximate surface area is 115 Å². The fraction of sp³-hybridized carbons (Fsp3) is 0.400. The van der Waals surface area contributed by atoms with Crippen LogP contribution in [0, 0.1) is 16.0 Å². The van der Waals surface area contributed by atoms with Gasteiger partial charge >= 0.3 is 0 Å². The third-order valence-corrected chi connectivity index (χ3v) is 3.91. The first-order valence-electron chi connectivity index (χ1n) is 5.59. The second kappa shape index (κ2) is 6.33. The van der Waals surface area contributed by atoms with E-state index in [2.05, 4.69) is 14.7 Å². The zero-order chi connectivity index (χ0) is 15.3. The van der Waals surface area contributed by atoms with Gasteiger partial charge in [0.2, 0.25) is 10.0 Å². The summed E-state index contributed by atoms with van der Waals surface area (Å²) in [7, 11) is -4.16. The predicted molar refractivity (Wildman–Crippen MR) is 71.2 cm³/mol. The average Bonchev–Trinajstić information content (AvgIpc) is 2.38. The van der Waals surface area contributed by atoms with Gasteiger partial charge < -0.3 is 0 Å². The Morgan fingerprint density at radius 3 is 2.50 bits per heavy atom. The number of nitrogens with one attached hydrogen (secondary N) is 1. The number of nitrogens with zero attached hydrogens (tertiary/aromatic N) is 4. The number of hydrogen-bond acceptors (Lipinski definition) is 5. The smallest absolute Gasteiger partial charge is 0.258 e. The monoisotopic (exact) mass is 299 g/mol. The van der Waals surface area contributed by atoms with Crippen molar-refractivity contribution >= 4 is 15.7 Å². The molecule has 1 aromatic rings. The summed E-state index contributed by atoms with van der Waals surface area (Å²) in [5, 5.41) is 14.2. The molecule has 9 nitrogen and oxygen atoms in total. The highest BCUT2D eigenvalue weighted by Crippen LogP contribution is 2.23. The van der Waals surface area contributed by atoms with Gasteiger partial charge in [0.1, 0.15) is 6.17 Å². The highest BCUT2D eigenvalue weighted by atomic mass is 32.2. The van der Waals surface area contributed by atoms with Gasteiger partial charge in [-0.2, -0.15) is 0 Å². The Morgan fingerprint density at radius 2 is 2.00 bits per heavy atom. The van der Waals surface area contributed by atoms with Crippen LogP contribution in [-0.4, -0.2) is 19.5 Å². The number of azide groups is 1. The van der Waals surface area contributed by atoms with Gasteiger partial charge in [0.25, 0.3) is 5.69 Å². The summed E-state index contributed by atoms with van der Waals surface area (Å²) in [4.78, 5) is 12.1. The van der Waals surface area contributed by atoms with Crippen LogP contribution in [0.1, 0.15) is 13.8 Å². The molecule has 0 aliphatic heterocycles. The largest absolute Gasteiger partial charge is 0.289 e. The minimum atomic E-state index is -4.16. The lowest BCUT2D eigenvalue weighted by Crippen LogP contribution is -2.37. The molecule has 0 saturated carbocycles. The standard InChI is InChI=1S/C10H13N5O4S/c1-7(2)10(12-14-11)13-20(18,19)9-6-4-3-5-8(9)15(16)17/h3-7,10,13H,1-2H3/t10-/m1/s1. The maximum Gasteiger partial charge on any atom is 0.289 e. The third-order valence-electron chi connectivity index (χ3n) is 2.43. The summed E-state index contributed by atoms with van der Waals surface area (Å²) in [5.41, 5.74) is 7.87. The van der Waals surface area contributed by atoms with E-state index in [0.29, 0.717) is 0 Å². The Hall–Kier alpha value is -2.16. The number of rotatable bonds is 6. The molecule has 0 spiro atoms. The first-order valence-corrected chi connectivity index (χ1v) is 7.08. The molecule has 0 aliphatic rings. The first kappa shape index (κ1) is 15.9. The van der Waals surface area contributed by atoms with Gasteiger partial charge in [-0.3, -0.25) is 10.1 Å². The van der Waals surface area contributed by atoms with Gasteiger partial charge in [-0.05, 0) is 17.5 Å². The summed E-state index contributed by atoms with van der Waals surface area (Å²) in [6.45, 7) is 3.31. The number of para-hydroxylation sites is 1. The molecule has 10 heteroatoms. The maximum absolute atomic E-state index is 12.1. The van der Waals surface area contributed by atoms with Crippen LogP contribution in [-0.2, 0) is 10.0 Å². The fourth-order valence-electron chi connectivity index (χ4n) is 1.41. The van der Waals surface area contributed by atoms with Crippen molar-refractivity contribution < 1.29 is 13.3 Å². The molecule has 20 heavy (non-hydrogen) atoms. The van der Waals surface area contributed by atoms with Gasteiger partial charge in [0, 0.05) is 11.0 Å². The molecule has 1 aromatic carbocycles. The minimum absolute atomic E-state index is 0.302. The van der Waals surface area contributed by atoms with E-state index in [1.165, 1.54) is 12.1 Å². The average molecular weight is 299 g/mol. The molecule has 0 heterocycles. The Morgan fingerprint density at radius 1 is 1.40 bits per heavy atom. The van der Waals surface area contributed by atoms with Crippen molar-refractivity contribution in [1.29, 1.82) is 0 Å². The molecule has 0 fully saturated rings. The summed E-state index contributed by atoms with van der Waals surface area (Å²) in [5.74, 6) is -0.302. The van der Waals surface area contributed by atoms with E-state index in [1.807, 2.05) is 0 Å². The second-order valence-corrected chi connectivity index (χ2v) is 5.92. The summed E-state index contributed by atoms with van der Waals surface area (Å²) < 4.78 is 26.4. The van der Waals surface area contributed by atoms with Crippen LogP contribution < -0.4 is 4.72 Å². The molecule has 108 valence electrons. The van der Waals surface area contributed by atoms with Gasteiger partial charge in [-0.15, -0.1) is 0 Å². The van der Waals surface area contributed by atoms with Crippen molar-refractivity contribution in [3.8, 4) is 0 Å². The topological polar surface area (TPSA) is 138 Å². The first-order chi connectivity index (χ1) is 9.29. The number of sulfonamides is 1. The highest BCUT2D eigenvalue weighted by molar-refractivity contribution is 7.89. The van der Waals surface area contributed by atoms with E-state index in [0.717, 1.165) is 12.1 Å². The lowest BCUT2D eigenvalue weighted by Gasteiger charge is -2.16. The van der Waals surface area contributed by atoms with Crippen LogP contribution in [0.25, 0.3) is 10.4 Å². The van der Waals surface area contributed by atoms with Gasteiger partial charge in [0.05, 0.1) is 4.92 Å². The number of nitro groups is 1. The molecule has 0 aromatic heterocycles. The van der Waals surface area contributed by atoms with E-state index < -0.39 is 31.7 Å². The van der Waals surface area contributed by atoms with Crippen molar-refractivity contribution in [2.24, 2.45) is 11.0 Å². The Bertz CT molecular complexity index is 651. The zero-order valence-electron chi connectivity index (χ0n) is 10.8. The van der Waals surface area contributed by atoms with Crippen molar-refractivity contribution in [3.05, 3.63) is 44.8 Å². The Kier molecular flexibility index (Phi) is 5.03. The lowest BCUT2D eigenvalue weighted by molar-refractivity contribution is -0.387. The summed E-state index contributed by atoms with van der Waals surface area (Å²) in [6, 6.07) is 4.95. The zero-order valence-corrected chi connectivity index (χ0v) is 11.6. The van der Waals surface area contributed by atoms with E-state index >= 15 is 0 Å². The number of benzene rings is 1. The molecular formula is C10H13N5O4S. The molecule has 0 radical (unpaired) electrons. The second-order valence-electron chi connectivity index (χ2n) is 4.24. The maximum atomic E-state index is 12.1. The SMILES string of the molecule is CC(C)[C@H](N=[N+]=[N-])NS(=O)(=O)c1ccccc1[N+](=O)[O-]. The normalized spacial score (nSPS) is 12.8. The summed E-state index contributed by atoms with van der Waals surface area (Å²) in [6.07, 6.45) is -1.02. The molecule has 1 rings (SSSR count). The predicted octanol–water partition coefficient (Wildman–Crippen LogP) is 2.17. The van der Waals surface area contributed by atoms with Crippen molar-refractivity contribution in [3.63, 3.8) is 0 Å². The van der Waals surface area contributed by atoms with Gasteiger partial charge in [-0.25, -0.2) is 13.1 Å². The van der Waals surface area contributed by atoms with E-state index in [4.69, 9.17) is 5.53 Å². The number of hydrogen-bond donors (Lipinski definition) is 1.